The Morgan fingerprint density at radius 3 is 2.70 bits per heavy atom. The molecule has 1 fully saturated rings. The van der Waals surface area contributed by atoms with Crippen LogP contribution in [-0.2, 0) is 11.3 Å². The summed E-state index contributed by atoms with van der Waals surface area (Å²) in [5, 5.41) is 2.87. The van der Waals surface area contributed by atoms with Crippen molar-refractivity contribution < 1.29 is 13.9 Å². The predicted octanol–water partition coefficient (Wildman–Crippen LogP) is 2.80. The third-order valence-corrected chi connectivity index (χ3v) is 3.42. The van der Waals surface area contributed by atoms with Gasteiger partial charge in [0.25, 0.3) is 0 Å². The Balaban J connectivity index is 1.89. The summed E-state index contributed by atoms with van der Waals surface area (Å²) >= 11 is 5.70. The van der Waals surface area contributed by atoms with Crippen LogP contribution in [0.2, 0.25) is 5.02 Å². The van der Waals surface area contributed by atoms with Crippen molar-refractivity contribution in [2.75, 3.05) is 13.1 Å². The van der Waals surface area contributed by atoms with Crippen molar-refractivity contribution in [2.24, 2.45) is 0 Å². The highest BCUT2D eigenvalue weighted by molar-refractivity contribution is 6.30. The first-order valence-corrected chi connectivity index (χ1v) is 6.95. The molecule has 20 heavy (non-hydrogen) atoms. The number of urea groups is 1. The highest BCUT2D eigenvalue weighted by atomic mass is 35.5. The molecule has 0 spiro atoms. The van der Waals surface area contributed by atoms with Gasteiger partial charge in [0.2, 0.25) is 0 Å². The van der Waals surface area contributed by atoms with E-state index in [1.807, 2.05) is 13.8 Å². The molecule has 4 nitrogen and oxygen atoms in total. The Morgan fingerprint density at radius 1 is 1.45 bits per heavy atom. The van der Waals surface area contributed by atoms with Crippen LogP contribution in [0.3, 0.4) is 0 Å². The maximum absolute atomic E-state index is 13.0. The lowest BCUT2D eigenvalue weighted by atomic mass is 10.2. The molecule has 2 amide bonds. The lowest BCUT2D eigenvalue weighted by Gasteiger charge is -2.35. The summed E-state index contributed by atoms with van der Waals surface area (Å²) in [7, 11) is 0. The SMILES string of the molecule is CC1CN(C(=O)NCc2ccc(F)c(Cl)c2)CC(C)O1. The maximum atomic E-state index is 13.0. The van der Waals surface area contributed by atoms with Gasteiger partial charge in [0.15, 0.2) is 0 Å². The number of carbonyl (C=O) groups is 1. The van der Waals surface area contributed by atoms with Crippen LogP contribution in [0.15, 0.2) is 18.2 Å². The molecule has 0 aliphatic carbocycles. The minimum absolute atomic E-state index is 0.0322. The summed E-state index contributed by atoms with van der Waals surface area (Å²) in [4.78, 5) is 13.8. The average Bonchev–Trinajstić information content (AvgIpc) is 2.38. The zero-order chi connectivity index (χ0) is 14.7. The molecule has 1 heterocycles. The van der Waals surface area contributed by atoms with E-state index >= 15 is 0 Å². The van der Waals surface area contributed by atoms with Gasteiger partial charge in [-0.15, -0.1) is 0 Å². The highest BCUT2D eigenvalue weighted by Crippen LogP contribution is 2.16. The number of nitrogens with zero attached hydrogens (tertiary/aromatic N) is 1. The molecule has 0 saturated carbocycles. The van der Waals surface area contributed by atoms with Gasteiger partial charge in [0.05, 0.1) is 17.2 Å². The molecule has 2 rings (SSSR count). The minimum Gasteiger partial charge on any atom is -0.372 e. The van der Waals surface area contributed by atoms with Gasteiger partial charge < -0.3 is 15.0 Å². The quantitative estimate of drug-likeness (QED) is 0.912. The number of rotatable bonds is 2. The molecule has 1 aliphatic heterocycles. The second kappa shape index (κ2) is 6.41. The summed E-state index contributed by atoms with van der Waals surface area (Å²) in [5.74, 6) is -0.461. The van der Waals surface area contributed by atoms with Gasteiger partial charge in [0.1, 0.15) is 5.82 Å². The second-order valence-corrected chi connectivity index (χ2v) is 5.48. The third-order valence-electron chi connectivity index (χ3n) is 3.13. The van der Waals surface area contributed by atoms with Crippen LogP contribution in [0.4, 0.5) is 9.18 Å². The smallest absolute Gasteiger partial charge is 0.317 e. The number of benzene rings is 1. The van der Waals surface area contributed by atoms with Gasteiger partial charge >= 0.3 is 6.03 Å². The zero-order valence-corrected chi connectivity index (χ0v) is 12.3. The largest absolute Gasteiger partial charge is 0.372 e. The normalized spacial score (nSPS) is 22.7. The van der Waals surface area contributed by atoms with E-state index in [1.54, 1.807) is 11.0 Å². The molecule has 0 bridgehead atoms. The first-order valence-electron chi connectivity index (χ1n) is 6.58. The van der Waals surface area contributed by atoms with Gasteiger partial charge in [-0.1, -0.05) is 17.7 Å². The summed E-state index contributed by atoms with van der Waals surface area (Å²) < 4.78 is 18.6. The van der Waals surface area contributed by atoms with Crippen molar-refractivity contribution in [3.8, 4) is 0 Å². The topological polar surface area (TPSA) is 41.6 Å². The van der Waals surface area contributed by atoms with Crippen molar-refractivity contribution in [3.63, 3.8) is 0 Å². The molecule has 2 unspecified atom stereocenters. The molecular formula is C14H18ClFN2O2. The van der Waals surface area contributed by atoms with Gasteiger partial charge in [0, 0.05) is 19.6 Å². The van der Waals surface area contributed by atoms with Crippen LogP contribution in [-0.4, -0.2) is 36.2 Å². The molecule has 1 aliphatic rings. The van der Waals surface area contributed by atoms with Crippen LogP contribution in [0.5, 0.6) is 0 Å². The van der Waals surface area contributed by atoms with Gasteiger partial charge in [-0.05, 0) is 31.5 Å². The summed E-state index contributed by atoms with van der Waals surface area (Å²) in [6.45, 7) is 5.34. The van der Waals surface area contributed by atoms with Crippen molar-refractivity contribution >= 4 is 17.6 Å². The molecular weight excluding hydrogens is 283 g/mol. The number of carbonyl (C=O) groups excluding carboxylic acids is 1. The predicted molar refractivity (Wildman–Crippen MR) is 75.2 cm³/mol. The number of morpholine rings is 1. The Morgan fingerprint density at radius 2 is 2.10 bits per heavy atom. The fraction of sp³-hybridized carbons (Fsp3) is 0.500. The zero-order valence-electron chi connectivity index (χ0n) is 11.5. The molecule has 110 valence electrons. The van der Waals surface area contributed by atoms with Crippen LogP contribution in [0.25, 0.3) is 0 Å². The van der Waals surface area contributed by atoms with E-state index in [9.17, 15) is 9.18 Å². The monoisotopic (exact) mass is 300 g/mol. The first kappa shape index (κ1) is 15.1. The van der Waals surface area contributed by atoms with E-state index < -0.39 is 5.82 Å². The van der Waals surface area contributed by atoms with E-state index in [1.165, 1.54) is 12.1 Å². The molecule has 2 atom stereocenters. The van der Waals surface area contributed by atoms with Gasteiger partial charge in [-0.2, -0.15) is 0 Å². The number of halogens is 2. The lowest BCUT2D eigenvalue weighted by Crippen LogP contribution is -2.51. The number of nitrogens with one attached hydrogen (secondary N) is 1. The highest BCUT2D eigenvalue weighted by Gasteiger charge is 2.25. The number of hydrogen-bond donors (Lipinski definition) is 1. The fourth-order valence-electron chi connectivity index (χ4n) is 2.28. The number of amides is 2. The third kappa shape index (κ3) is 3.84. The molecule has 6 heteroatoms. The molecule has 1 aromatic carbocycles. The van der Waals surface area contributed by atoms with E-state index in [2.05, 4.69) is 5.32 Å². The Labute approximate surface area is 122 Å². The molecule has 1 saturated heterocycles. The van der Waals surface area contributed by atoms with Crippen molar-refractivity contribution in [1.82, 2.24) is 10.2 Å². The van der Waals surface area contributed by atoms with Crippen LogP contribution in [0, 0.1) is 5.82 Å². The van der Waals surface area contributed by atoms with E-state index in [0.29, 0.717) is 19.6 Å². The summed E-state index contributed by atoms with van der Waals surface area (Å²) in [6, 6.07) is 4.27. The standard InChI is InChI=1S/C14H18ClFN2O2/c1-9-7-18(8-10(2)20-9)14(19)17-6-11-3-4-13(16)12(15)5-11/h3-5,9-10H,6-8H2,1-2H3,(H,17,19). The summed E-state index contributed by atoms with van der Waals surface area (Å²) in [6.07, 6.45) is 0.0644. The van der Waals surface area contributed by atoms with Gasteiger partial charge in [-0.25, -0.2) is 9.18 Å². The molecule has 0 radical (unpaired) electrons. The van der Waals surface area contributed by atoms with Crippen molar-refractivity contribution in [2.45, 2.75) is 32.6 Å². The lowest BCUT2D eigenvalue weighted by molar-refractivity contribution is -0.0545. The van der Waals surface area contributed by atoms with Crippen LogP contribution in [0.1, 0.15) is 19.4 Å². The van der Waals surface area contributed by atoms with Gasteiger partial charge in [-0.3, -0.25) is 0 Å². The Kier molecular flexibility index (Phi) is 4.83. The van der Waals surface area contributed by atoms with Crippen molar-refractivity contribution in [1.29, 1.82) is 0 Å². The second-order valence-electron chi connectivity index (χ2n) is 5.07. The summed E-state index contributed by atoms with van der Waals surface area (Å²) in [5.41, 5.74) is 0.763. The first-order chi connectivity index (χ1) is 9.45. The number of ether oxygens (including phenoxy) is 1. The molecule has 1 N–H and O–H groups in total. The van der Waals surface area contributed by atoms with E-state index in [-0.39, 0.29) is 23.3 Å². The fourth-order valence-corrected chi connectivity index (χ4v) is 2.49. The Hall–Kier alpha value is -1.33. The van der Waals surface area contributed by atoms with E-state index in [4.69, 9.17) is 16.3 Å². The molecule has 1 aromatic rings. The van der Waals surface area contributed by atoms with E-state index in [0.717, 1.165) is 5.56 Å². The Bertz CT molecular complexity index is 488. The van der Waals surface area contributed by atoms with Crippen molar-refractivity contribution in [3.05, 3.63) is 34.6 Å². The minimum atomic E-state index is -0.461. The molecule has 0 aromatic heterocycles. The average molecular weight is 301 g/mol. The maximum Gasteiger partial charge on any atom is 0.317 e. The van der Waals surface area contributed by atoms with Crippen LogP contribution < -0.4 is 5.32 Å². The van der Waals surface area contributed by atoms with Crippen LogP contribution >= 0.6 is 11.6 Å². The number of hydrogen-bond acceptors (Lipinski definition) is 2.